The zero-order chi connectivity index (χ0) is 22.1. The quantitative estimate of drug-likeness (QED) is 0.484. The average Bonchev–Trinajstić information content (AvgIpc) is 3.72. The Labute approximate surface area is 189 Å². The van der Waals surface area contributed by atoms with Gasteiger partial charge in [0.2, 0.25) is 0 Å². The van der Waals surface area contributed by atoms with E-state index >= 15 is 8.78 Å². The summed E-state index contributed by atoms with van der Waals surface area (Å²) < 4.78 is 32.0. The molecule has 0 bridgehead atoms. The Bertz CT molecular complexity index is 827. The van der Waals surface area contributed by atoms with Crippen molar-refractivity contribution in [2.45, 2.75) is 63.0 Å². The first-order chi connectivity index (χ1) is 15.6. The van der Waals surface area contributed by atoms with E-state index in [0.717, 1.165) is 36.8 Å². The maximum absolute atomic E-state index is 16.0. The van der Waals surface area contributed by atoms with E-state index in [9.17, 15) is 4.79 Å². The van der Waals surface area contributed by atoms with Gasteiger partial charge in [0, 0.05) is 25.9 Å². The summed E-state index contributed by atoms with van der Waals surface area (Å²) in [5, 5.41) is 0. The molecule has 1 saturated heterocycles. The standard InChI is InChI=1S/C27H32F2N2O/c28-23(15-19-7-3-1-4-8-19)25-26(24(29)16-20-9-5-2-6-10-20)31(18-22-13-14-22)27(32)30(25)17-21-11-12-21/h1-10,21-26H,11-18H2/t23-,24-,25+,26+/m0/s1. The summed E-state index contributed by atoms with van der Waals surface area (Å²) in [7, 11) is 0. The molecule has 2 saturated carbocycles. The van der Waals surface area contributed by atoms with E-state index in [0.29, 0.717) is 24.9 Å². The molecular formula is C27H32F2N2O. The predicted molar refractivity (Wildman–Crippen MR) is 122 cm³/mol. The Morgan fingerprint density at radius 3 is 1.41 bits per heavy atom. The Morgan fingerprint density at radius 1 is 0.688 bits per heavy atom. The molecule has 0 aromatic heterocycles. The molecule has 3 nitrogen and oxygen atoms in total. The van der Waals surface area contributed by atoms with Crippen molar-refractivity contribution < 1.29 is 13.6 Å². The van der Waals surface area contributed by atoms with E-state index in [1.165, 1.54) is 0 Å². The first-order valence-corrected chi connectivity index (χ1v) is 12.0. The fraction of sp³-hybridized carbons (Fsp3) is 0.519. The number of halogens is 2. The van der Waals surface area contributed by atoms with Crippen LogP contribution >= 0.6 is 0 Å². The monoisotopic (exact) mass is 438 g/mol. The molecule has 3 fully saturated rings. The fourth-order valence-corrected chi connectivity index (χ4v) is 5.08. The number of nitrogens with zero attached hydrogens (tertiary/aromatic N) is 2. The summed E-state index contributed by atoms with van der Waals surface area (Å²) >= 11 is 0. The smallest absolute Gasteiger partial charge is 0.316 e. The Balaban J connectivity index is 1.44. The SMILES string of the molecule is O=C1N(CC2CC2)[C@H]([C@@H](F)Cc2ccccc2)[C@@H]([C@@H](F)Cc2ccccc2)N1CC1CC1. The summed E-state index contributed by atoms with van der Waals surface area (Å²) in [6, 6.07) is 17.4. The fourth-order valence-electron chi connectivity index (χ4n) is 5.08. The topological polar surface area (TPSA) is 23.6 Å². The lowest BCUT2D eigenvalue weighted by molar-refractivity contribution is 0.0919. The number of alkyl halides is 2. The van der Waals surface area contributed by atoms with E-state index < -0.39 is 24.4 Å². The van der Waals surface area contributed by atoms with Gasteiger partial charge < -0.3 is 9.80 Å². The minimum Gasteiger partial charge on any atom is -0.316 e. The van der Waals surface area contributed by atoms with Gasteiger partial charge in [0.15, 0.2) is 0 Å². The van der Waals surface area contributed by atoms with E-state index in [2.05, 4.69) is 0 Å². The number of urea groups is 1. The van der Waals surface area contributed by atoms with Crippen molar-refractivity contribution in [1.82, 2.24) is 9.80 Å². The highest BCUT2D eigenvalue weighted by Crippen LogP contribution is 2.40. The van der Waals surface area contributed by atoms with E-state index in [-0.39, 0.29) is 18.9 Å². The number of carbonyl (C=O) groups is 1. The number of carbonyl (C=O) groups excluding carboxylic acids is 1. The highest BCUT2D eigenvalue weighted by atomic mass is 19.1. The molecule has 4 atom stereocenters. The zero-order valence-electron chi connectivity index (χ0n) is 18.5. The molecule has 0 unspecified atom stereocenters. The molecule has 0 radical (unpaired) electrons. The van der Waals surface area contributed by atoms with Crippen LogP contribution in [0.4, 0.5) is 13.6 Å². The zero-order valence-corrected chi connectivity index (χ0v) is 18.5. The molecular weight excluding hydrogens is 406 g/mol. The molecule has 2 aromatic carbocycles. The first kappa shape index (κ1) is 21.4. The molecule has 2 aliphatic carbocycles. The van der Waals surface area contributed by atoms with Crippen LogP contribution in [0.5, 0.6) is 0 Å². The van der Waals surface area contributed by atoms with Crippen LogP contribution in [0.15, 0.2) is 60.7 Å². The van der Waals surface area contributed by atoms with Crippen LogP contribution in [-0.4, -0.2) is 53.3 Å². The van der Waals surface area contributed by atoms with Crippen LogP contribution in [0.1, 0.15) is 36.8 Å². The van der Waals surface area contributed by atoms with Gasteiger partial charge in [0.1, 0.15) is 12.3 Å². The van der Waals surface area contributed by atoms with Crippen LogP contribution in [0, 0.1) is 11.8 Å². The highest BCUT2D eigenvalue weighted by Gasteiger charge is 2.54. The van der Waals surface area contributed by atoms with Crippen molar-refractivity contribution in [3.8, 4) is 0 Å². The van der Waals surface area contributed by atoms with Crippen molar-refractivity contribution in [2.24, 2.45) is 11.8 Å². The lowest BCUT2D eigenvalue weighted by atomic mass is 9.91. The minimum absolute atomic E-state index is 0.162. The van der Waals surface area contributed by atoms with Gasteiger partial charge in [-0.3, -0.25) is 0 Å². The second-order valence-corrected chi connectivity index (χ2v) is 9.87. The van der Waals surface area contributed by atoms with Crippen molar-refractivity contribution in [3.63, 3.8) is 0 Å². The van der Waals surface area contributed by atoms with Crippen LogP contribution in [0.2, 0.25) is 0 Å². The molecule has 2 amide bonds. The first-order valence-electron chi connectivity index (χ1n) is 12.0. The predicted octanol–water partition coefficient (Wildman–Crippen LogP) is 5.44. The van der Waals surface area contributed by atoms with Gasteiger partial charge in [-0.2, -0.15) is 0 Å². The Hall–Kier alpha value is -2.43. The minimum atomic E-state index is -1.30. The van der Waals surface area contributed by atoms with Crippen molar-refractivity contribution in [1.29, 1.82) is 0 Å². The maximum Gasteiger partial charge on any atom is 0.320 e. The molecule has 2 aromatic rings. The lowest BCUT2D eigenvalue weighted by Crippen LogP contribution is -2.51. The molecule has 32 heavy (non-hydrogen) atoms. The highest BCUT2D eigenvalue weighted by molar-refractivity contribution is 5.78. The third-order valence-corrected chi connectivity index (χ3v) is 7.15. The molecule has 0 spiro atoms. The third kappa shape index (κ3) is 4.82. The van der Waals surface area contributed by atoms with E-state index in [1.807, 2.05) is 60.7 Å². The van der Waals surface area contributed by atoms with Crippen LogP contribution < -0.4 is 0 Å². The van der Waals surface area contributed by atoms with Crippen LogP contribution in [-0.2, 0) is 12.8 Å². The van der Waals surface area contributed by atoms with Gasteiger partial charge in [-0.25, -0.2) is 13.6 Å². The number of amides is 2. The van der Waals surface area contributed by atoms with Gasteiger partial charge in [-0.1, -0.05) is 60.7 Å². The van der Waals surface area contributed by atoms with E-state index in [4.69, 9.17) is 0 Å². The van der Waals surface area contributed by atoms with Gasteiger partial charge in [0.05, 0.1) is 12.1 Å². The van der Waals surface area contributed by atoms with Gasteiger partial charge in [0.25, 0.3) is 0 Å². The Morgan fingerprint density at radius 2 is 1.06 bits per heavy atom. The second kappa shape index (κ2) is 9.21. The van der Waals surface area contributed by atoms with Crippen molar-refractivity contribution >= 4 is 6.03 Å². The summed E-state index contributed by atoms with van der Waals surface area (Å²) in [4.78, 5) is 16.9. The largest absolute Gasteiger partial charge is 0.320 e. The average molecular weight is 439 g/mol. The molecule has 0 N–H and O–H groups in total. The molecule has 1 heterocycles. The third-order valence-electron chi connectivity index (χ3n) is 7.15. The number of hydrogen-bond donors (Lipinski definition) is 0. The number of hydrogen-bond acceptors (Lipinski definition) is 1. The van der Waals surface area contributed by atoms with E-state index in [1.54, 1.807) is 9.80 Å². The Kier molecular flexibility index (Phi) is 6.16. The van der Waals surface area contributed by atoms with Gasteiger partial charge >= 0.3 is 6.03 Å². The maximum atomic E-state index is 16.0. The molecule has 1 aliphatic heterocycles. The number of rotatable bonds is 10. The van der Waals surface area contributed by atoms with Crippen molar-refractivity contribution in [3.05, 3.63) is 71.8 Å². The summed E-state index contributed by atoms with van der Waals surface area (Å²) in [6.45, 7) is 1.10. The molecule has 170 valence electrons. The molecule has 5 heteroatoms. The summed E-state index contributed by atoms with van der Waals surface area (Å²) in [5.41, 5.74) is 1.77. The summed E-state index contributed by atoms with van der Waals surface area (Å²) in [5.74, 6) is 0.859. The molecule has 5 rings (SSSR count). The van der Waals surface area contributed by atoms with Crippen molar-refractivity contribution in [2.75, 3.05) is 13.1 Å². The second-order valence-electron chi connectivity index (χ2n) is 9.87. The normalized spacial score (nSPS) is 25.2. The van der Waals surface area contributed by atoms with Crippen LogP contribution in [0.3, 0.4) is 0 Å². The van der Waals surface area contributed by atoms with Gasteiger partial charge in [-0.05, 0) is 48.6 Å². The molecule has 3 aliphatic rings. The summed E-state index contributed by atoms with van der Waals surface area (Å²) in [6.07, 6.45) is 2.08. The number of benzene rings is 2. The lowest BCUT2D eigenvalue weighted by Gasteiger charge is -2.33. The van der Waals surface area contributed by atoms with Crippen LogP contribution in [0.25, 0.3) is 0 Å². The van der Waals surface area contributed by atoms with Gasteiger partial charge in [-0.15, -0.1) is 0 Å².